The Hall–Kier alpha value is -2.56. The molecule has 0 aliphatic carbocycles. The van der Waals surface area contributed by atoms with Gasteiger partial charge in [0.15, 0.2) is 0 Å². The second-order valence-corrected chi connectivity index (χ2v) is 10.4. The second-order valence-electron chi connectivity index (χ2n) is 5.88. The highest BCUT2D eigenvalue weighted by atomic mass is 32.2. The van der Waals surface area contributed by atoms with Crippen molar-refractivity contribution in [1.82, 2.24) is 4.72 Å². The summed E-state index contributed by atoms with van der Waals surface area (Å²) in [4.78, 5) is 3.18. The predicted molar refractivity (Wildman–Crippen MR) is 113 cm³/mol. The minimum Gasteiger partial charge on any atom is -0.216 e. The highest BCUT2D eigenvalue weighted by molar-refractivity contribution is 7.99. The van der Waals surface area contributed by atoms with E-state index in [-0.39, 0.29) is 16.3 Å². The molecular formula is C18H16N4O4S3. The number of hydrogen-bond donors (Lipinski definition) is 1. The van der Waals surface area contributed by atoms with E-state index < -0.39 is 20.0 Å². The third-order valence-electron chi connectivity index (χ3n) is 3.94. The Morgan fingerprint density at radius 2 is 1.55 bits per heavy atom. The van der Waals surface area contributed by atoms with Crippen molar-refractivity contribution in [1.29, 1.82) is 0 Å². The van der Waals surface area contributed by atoms with Gasteiger partial charge in [0.2, 0.25) is 10.0 Å². The number of benzene rings is 3. The fourth-order valence-electron chi connectivity index (χ4n) is 2.57. The van der Waals surface area contributed by atoms with E-state index in [1.54, 1.807) is 6.07 Å². The van der Waals surface area contributed by atoms with E-state index >= 15 is 0 Å². The maximum Gasteiger partial charge on any atom is 0.264 e. The lowest BCUT2D eigenvalue weighted by molar-refractivity contribution is 0.584. The topological polar surface area (TPSA) is 129 Å². The number of hydrogen-bond acceptors (Lipinski definition) is 5. The molecule has 0 bridgehead atoms. The van der Waals surface area contributed by atoms with Crippen molar-refractivity contribution in [3.8, 4) is 0 Å². The van der Waals surface area contributed by atoms with Crippen LogP contribution in [0.3, 0.4) is 0 Å². The molecule has 3 rings (SSSR count). The van der Waals surface area contributed by atoms with Gasteiger partial charge in [0, 0.05) is 26.6 Å². The third-order valence-corrected chi connectivity index (χ3v) is 7.55. The summed E-state index contributed by atoms with van der Waals surface area (Å²) in [6, 6.07) is 18.2. The molecule has 0 radical (unpaired) electrons. The van der Waals surface area contributed by atoms with Crippen LogP contribution in [0.1, 0.15) is 0 Å². The minimum atomic E-state index is -4.15. The van der Waals surface area contributed by atoms with Gasteiger partial charge in [0.05, 0.1) is 9.79 Å². The van der Waals surface area contributed by atoms with Crippen molar-refractivity contribution in [2.45, 2.75) is 14.7 Å². The maximum atomic E-state index is 12.6. The van der Waals surface area contributed by atoms with Crippen LogP contribution in [0.5, 0.6) is 0 Å². The Bertz CT molecular complexity index is 1290. The Morgan fingerprint density at radius 3 is 2.24 bits per heavy atom. The van der Waals surface area contributed by atoms with Crippen LogP contribution in [0, 0.1) is 0 Å². The number of nitrogens with zero attached hydrogens (tertiary/aromatic N) is 3. The summed E-state index contributed by atoms with van der Waals surface area (Å²) in [6.07, 6.45) is 0. The van der Waals surface area contributed by atoms with Gasteiger partial charge in [0.1, 0.15) is 0 Å². The van der Waals surface area contributed by atoms with E-state index in [4.69, 9.17) is 5.53 Å². The molecular weight excluding hydrogens is 432 g/mol. The van der Waals surface area contributed by atoms with E-state index in [0.29, 0.717) is 16.5 Å². The molecule has 0 fully saturated rings. The fraction of sp³-hybridized carbons (Fsp3) is 0.111. The number of nitrogens with one attached hydrogen (secondary N) is 1. The molecule has 0 aliphatic heterocycles. The highest BCUT2D eigenvalue weighted by Crippen LogP contribution is 2.24. The first-order valence-corrected chi connectivity index (χ1v) is 12.3. The van der Waals surface area contributed by atoms with Crippen LogP contribution in [0.2, 0.25) is 0 Å². The molecule has 0 amide bonds. The smallest absolute Gasteiger partial charge is 0.216 e. The van der Waals surface area contributed by atoms with Gasteiger partial charge in [-0.2, -0.15) is 0 Å². The first-order chi connectivity index (χ1) is 13.8. The Morgan fingerprint density at radius 1 is 0.897 bits per heavy atom. The van der Waals surface area contributed by atoms with Crippen LogP contribution in [-0.4, -0.2) is 29.1 Å². The first-order valence-electron chi connectivity index (χ1n) is 8.34. The van der Waals surface area contributed by atoms with Crippen LogP contribution in [-0.2, 0) is 20.0 Å². The number of thioether (sulfide) groups is 1. The molecule has 0 heterocycles. The summed E-state index contributed by atoms with van der Waals surface area (Å²) in [6.45, 7) is 0.241. The average Bonchev–Trinajstić information content (AvgIpc) is 2.71. The predicted octanol–water partition coefficient (Wildman–Crippen LogP) is 3.91. The summed E-state index contributed by atoms with van der Waals surface area (Å²) in [7, 11) is -7.91. The molecule has 1 N–H and O–H groups in total. The normalized spacial score (nSPS) is 11.9. The molecule has 0 atom stereocenters. The van der Waals surface area contributed by atoms with Crippen molar-refractivity contribution in [2.75, 3.05) is 12.3 Å². The summed E-state index contributed by atoms with van der Waals surface area (Å²) >= 11 is 1.53. The van der Waals surface area contributed by atoms with E-state index in [9.17, 15) is 16.8 Å². The summed E-state index contributed by atoms with van der Waals surface area (Å²) in [5, 5.41) is 1.06. The quantitative estimate of drug-likeness (QED) is 0.184. The van der Waals surface area contributed by atoms with Gasteiger partial charge in [-0.15, -0.1) is 11.8 Å². The van der Waals surface area contributed by atoms with Gasteiger partial charge >= 0.3 is 0 Å². The lowest BCUT2D eigenvalue weighted by atomic mass is 10.1. The van der Waals surface area contributed by atoms with Gasteiger partial charge < -0.3 is 0 Å². The van der Waals surface area contributed by atoms with Crippen LogP contribution in [0.4, 0.5) is 0 Å². The summed E-state index contributed by atoms with van der Waals surface area (Å²) in [5.41, 5.74) is 8.39. The van der Waals surface area contributed by atoms with Crippen LogP contribution in [0.15, 0.2) is 85.9 Å². The minimum absolute atomic E-state index is 0.0213. The van der Waals surface area contributed by atoms with Crippen LogP contribution in [0.25, 0.3) is 21.2 Å². The van der Waals surface area contributed by atoms with E-state index in [2.05, 4.69) is 14.2 Å². The van der Waals surface area contributed by atoms with Crippen LogP contribution < -0.4 is 4.72 Å². The zero-order valence-corrected chi connectivity index (χ0v) is 17.4. The number of fused-ring (bicyclic) bond motifs is 1. The fourth-order valence-corrected chi connectivity index (χ4v) is 5.26. The van der Waals surface area contributed by atoms with E-state index in [1.165, 1.54) is 42.1 Å². The molecule has 0 saturated heterocycles. The van der Waals surface area contributed by atoms with Crippen molar-refractivity contribution in [3.63, 3.8) is 0 Å². The molecule has 150 valence electrons. The summed E-state index contributed by atoms with van der Waals surface area (Å²) < 4.78 is 54.3. The number of rotatable bonds is 8. The lowest BCUT2D eigenvalue weighted by Crippen LogP contribution is -2.26. The first kappa shape index (κ1) is 21.2. The standard InChI is InChI=1S/C18H16N4O4S3/c19-21-22-29(25,26)18-9-7-14-6-8-17(12-15(14)13-18)28(23,24)20-10-11-27-16-4-2-1-3-5-16/h1-9,12-13,20H,10-11H2. The monoisotopic (exact) mass is 448 g/mol. The SMILES string of the molecule is [N-]=[N+]=NS(=O)(=O)c1ccc2ccc(S(=O)(=O)NCCSc3ccccc3)cc2c1. The lowest BCUT2D eigenvalue weighted by Gasteiger charge is -2.08. The molecule has 29 heavy (non-hydrogen) atoms. The van der Waals surface area contributed by atoms with Gasteiger partial charge in [0.25, 0.3) is 10.0 Å². The molecule has 8 nitrogen and oxygen atoms in total. The van der Waals surface area contributed by atoms with Crippen molar-refractivity contribution in [2.24, 2.45) is 4.52 Å². The molecule has 0 saturated carbocycles. The van der Waals surface area contributed by atoms with Crippen molar-refractivity contribution in [3.05, 3.63) is 77.2 Å². The molecule has 11 heteroatoms. The molecule has 0 spiro atoms. The van der Waals surface area contributed by atoms with Crippen molar-refractivity contribution < 1.29 is 16.8 Å². The van der Waals surface area contributed by atoms with E-state index in [1.807, 2.05) is 30.3 Å². The Kier molecular flexibility index (Phi) is 6.46. The molecule has 0 unspecified atom stereocenters. The Labute approximate surface area is 172 Å². The zero-order valence-electron chi connectivity index (χ0n) is 15.0. The van der Waals surface area contributed by atoms with Crippen molar-refractivity contribution >= 4 is 42.6 Å². The molecule has 0 aromatic heterocycles. The highest BCUT2D eigenvalue weighted by Gasteiger charge is 2.16. The largest absolute Gasteiger partial charge is 0.264 e. The van der Waals surface area contributed by atoms with Gasteiger partial charge in [-0.1, -0.05) is 30.3 Å². The average molecular weight is 449 g/mol. The number of sulfonamides is 2. The third kappa shape index (κ3) is 5.28. The van der Waals surface area contributed by atoms with Gasteiger partial charge in [-0.3, -0.25) is 0 Å². The Balaban J connectivity index is 1.78. The van der Waals surface area contributed by atoms with Gasteiger partial charge in [-0.25, -0.2) is 21.6 Å². The second kappa shape index (κ2) is 8.85. The van der Waals surface area contributed by atoms with E-state index in [0.717, 1.165) is 4.90 Å². The number of azide groups is 1. The summed E-state index contributed by atoms with van der Waals surface area (Å²) in [5.74, 6) is 0.561. The van der Waals surface area contributed by atoms with Gasteiger partial charge in [-0.05, 0) is 52.7 Å². The molecule has 0 aliphatic rings. The molecule has 3 aromatic rings. The van der Waals surface area contributed by atoms with Crippen LogP contribution >= 0.6 is 11.8 Å². The maximum absolute atomic E-state index is 12.6. The zero-order chi connectivity index (χ0) is 20.9. The molecule has 3 aromatic carbocycles.